The van der Waals surface area contributed by atoms with Crippen LogP contribution in [0.2, 0.25) is 0 Å². The molecule has 1 N–H and O–H groups in total. The summed E-state index contributed by atoms with van der Waals surface area (Å²) in [5, 5.41) is 3.15. The summed E-state index contributed by atoms with van der Waals surface area (Å²) < 4.78 is 5.83. The first-order chi connectivity index (χ1) is 11.7. The number of carbonyl (C=O) groups excluding carboxylic acids is 2. The monoisotopic (exact) mass is 348 g/mol. The van der Waals surface area contributed by atoms with Gasteiger partial charge in [-0.25, -0.2) is 0 Å². The standard InChI is InChI=1S/C18H24N2O3S/c1-2-16(21)20-12-24-11-14(20)18(22)19-17(15-9-6-10-23-15)13-7-4-3-5-8-13/h3-5,7-8,14-15,17H,2,6,9-12H2,1H3,(H,19,22). The molecule has 2 aliphatic rings. The average Bonchev–Trinajstić information content (AvgIpc) is 3.31. The fourth-order valence-electron chi connectivity index (χ4n) is 3.27. The van der Waals surface area contributed by atoms with Crippen LogP contribution in [0.3, 0.4) is 0 Å². The highest BCUT2D eigenvalue weighted by Crippen LogP contribution is 2.28. The maximum absolute atomic E-state index is 12.8. The van der Waals surface area contributed by atoms with E-state index >= 15 is 0 Å². The SMILES string of the molecule is CCC(=O)N1CSCC1C(=O)NC(c1ccccc1)C1CCCO1. The van der Waals surface area contributed by atoms with Crippen molar-refractivity contribution in [2.24, 2.45) is 0 Å². The van der Waals surface area contributed by atoms with Gasteiger partial charge >= 0.3 is 0 Å². The van der Waals surface area contributed by atoms with Gasteiger partial charge in [0.1, 0.15) is 6.04 Å². The Morgan fingerprint density at radius 2 is 2.17 bits per heavy atom. The molecule has 0 bridgehead atoms. The molecule has 2 saturated heterocycles. The van der Waals surface area contributed by atoms with Crippen molar-refractivity contribution >= 4 is 23.6 Å². The molecule has 3 unspecified atom stereocenters. The molecular weight excluding hydrogens is 324 g/mol. The first-order valence-electron chi connectivity index (χ1n) is 8.55. The molecule has 2 aliphatic heterocycles. The maximum atomic E-state index is 12.8. The van der Waals surface area contributed by atoms with E-state index in [4.69, 9.17) is 4.74 Å². The molecule has 0 aliphatic carbocycles. The van der Waals surface area contributed by atoms with E-state index in [2.05, 4.69) is 5.32 Å². The first-order valence-corrected chi connectivity index (χ1v) is 9.70. The second kappa shape index (κ2) is 8.03. The van der Waals surface area contributed by atoms with Crippen molar-refractivity contribution in [3.8, 4) is 0 Å². The van der Waals surface area contributed by atoms with Crippen molar-refractivity contribution in [3.05, 3.63) is 35.9 Å². The van der Waals surface area contributed by atoms with Crippen LogP contribution in [-0.4, -0.2) is 47.1 Å². The van der Waals surface area contributed by atoms with E-state index in [0.29, 0.717) is 18.1 Å². The summed E-state index contributed by atoms with van der Waals surface area (Å²) in [7, 11) is 0. The molecule has 1 aromatic carbocycles. The molecule has 24 heavy (non-hydrogen) atoms. The molecule has 130 valence electrons. The van der Waals surface area contributed by atoms with E-state index in [1.165, 1.54) is 0 Å². The fraction of sp³-hybridized carbons (Fsp3) is 0.556. The number of thioether (sulfide) groups is 1. The van der Waals surface area contributed by atoms with Crippen LogP contribution in [0.15, 0.2) is 30.3 Å². The Labute approximate surface area is 147 Å². The third-order valence-electron chi connectivity index (χ3n) is 4.60. The van der Waals surface area contributed by atoms with Crippen LogP contribution in [0.4, 0.5) is 0 Å². The lowest BCUT2D eigenvalue weighted by Gasteiger charge is -2.28. The molecule has 0 saturated carbocycles. The number of hydrogen-bond acceptors (Lipinski definition) is 4. The quantitative estimate of drug-likeness (QED) is 0.887. The molecule has 0 spiro atoms. The van der Waals surface area contributed by atoms with Gasteiger partial charge in [-0.1, -0.05) is 37.3 Å². The van der Waals surface area contributed by atoms with Gasteiger partial charge in [-0.15, -0.1) is 11.8 Å². The molecule has 2 amide bonds. The van der Waals surface area contributed by atoms with Crippen molar-refractivity contribution in [3.63, 3.8) is 0 Å². The van der Waals surface area contributed by atoms with Gasteiger partial charge in [0, 0.05) is 18.8 Å². The van der Waals surface area contributed by atoms with E-state index in [9.17, 15) is 9.59 Å². The Balaban J connectivity index is 1.74. The van der Waals surface area contributed by atoms with Gasteiger partial charge in [0.15, 0.2) is 0 Å². The lowest BCUT2D eigenvalue weighted by Crippen LogP contribution is -2.49. The summed E-state index contributed by atoms with van der Waals surface area (Å²) in [5.74, 6) is 1.21. The number of benzene rings is 1. The minimum Gasteiger partial charge on any atom is -0.376 e. The summed E-state index contributed by atoms with van der Waals surface area (Å²) in [5.41, 5.74) is 1.05. The molecule has 6 heteroatoms. The zero-order valence-corrected chi connectivity index (χ0v) is 14.8. The fourth-order valence-corrected chi connectivity index (χ4v) is 4.46. The highest BCUT2D eigenvalue weighted by Gasteiger charge is 2.37. The summed E-state index contributed by atoms with van der Waals surface area (Å²) in [6, 6.07) is 9.41. The van der Waals surface area contributed by atoms with Crippen molar-refractivity contribution in [1.82, 2.24) is 10.2 Å². The van der Waals surface area contributed by atoms with Gasteiger partial charge in [-0.3, -0.25) is 9.59 Å². The lowest BCUT2D eigenvalue weighted by atomic mass is 9.99. The summed E-state index contributed by atoms with van der Waals surface area (Å²) >= 11 is 1.63. The van der Waals surface area contributed by atoms with E-state index in [1.807, 2.05) is 37.3 Å². The second-order valence-corrected chi connectivity index (χ2v) is 7.18. The summed E-state index contributed by atoms with van der Waals surface area (Å²) in [6.07, 6.45) is 2.39. The Kier molecular flexibility index (Phi) is 5.79. The zero-order valence-electron chi connectivity index (χ0n) is 13.9. The molecular formula is C18H24N2O3S. The molecule has 3 rings (SSSR count). The highest BCUT2D eigenvalue weighted by atomic mass is 32.2. The van der Waals surface area contributed by atoms with Crippen LogP contribution in [0, 0.1) is 0 Å². The number of nitrogens with zero attached hydrogens (tertiary/aromatic N) is 1. The minimum atomic E-state index is -0.380. The molecule has 5 nitrogen and oxygen atoms in total. The Bertz CT molecular complexity index is 575. The van der Waals surface area contributed by atoms with Crippen LogP contribution in [-0.2, 0) is 14.3 Å². The van der Waals surface area contributed by atoms with E-state index in [-0.39, 0.29) is 30.0 Å². The maximum Gasteiger partial charge on any atom is 0.244 e. The molecule has 0 aromatic heterocycles. The lowest BCUT2D eigenvalue weighted by molar-refractivity contribution is -0.138. The summed E-state index contributed by atoms with van der Waals surface area (Å²) in [4.78, 5) is 26.6. The van der Waals surface area contributed by atoms with E-state index < -0.39 is 0 Å². The largest absolute Gasteiger partial charge is 0.376 e. The Hall–Kier alpha value is -1.53. The van der Waals surface area contributed by atoms with Crippen molar-refractivity contribution in [2.75, 3.05) is 18.2 Å². The third-order valence-corrected chi connectivity index (χ3v) is 5.61. The number of amides is 2. The number of nitrogens with one attached hydrogen (secondary N) is 1. The highest BCUT2D eigenvalue weighted by molar-refractivity contribution is 7.99. The van der Waals surface area contributed by atoms with Crippen molar-refractivity contribution < 1.29 is 14.3 Å². The predicted molar refractivity (Wildman–Crippen MR) is 94.5 cm³/mol. The molecule has 3 atom stereocenters. The normalized spacial score (nSPS) is 24.8. The van der Waals surface area contributed by atoms with Gasteiger partial charge in [0.05, 0.1) is 18.0 Å². The number of hydrogen-bond donors (Lipinski definition) is 1. The average molecular weight is 348 g/mol. The van der Waals surface area contributed by atoms with Gasteiger partial charge in [-0.2, -0.15) is 0 Å². The topological polar surface area (TPSA) is 58.6 Å². The van der Waals surface area contributed by atoms with Crippen LogP contribution in [0.25, 0.3) is 0 Å². The van der Waals surface area contributed by atoms with Gasteiger partial charge in [0.25, 0.3) is 0 Å². The number of ether oxygens (including phenoxy) is 1. The predicted octanol–water partition coefficient (Wildman–Crippen LogP) is 2.33. The van der Waals surface area contributed by atoms with E-state index in [0.717, 1.165) is 25.0 Å². The third kappa shape index (κ3) is 3.75. The molecule has 2 heterocycles. The number of carbonyl (C=O) groups is 2. The zero-order chi connectivity index (χ0) is 16.9. The van der Waals surface area contributed by atoms with Crippen LogP contribution >= 0.6 is 11.8 Å². The van der Waals surface area contributed by atoms with Crippen molar-refractivity contribution in [1.29, 1.82) is 0 Å². The minimum absolute atomic E-state index is 0.000679. The van der Waals surface area contributed by atoms with Crippen LogP contribution in [0.1, 0.15) is 37.8 Å². The summed E-state index contributed by atoms with van der Waals surface area (Å²) in [6.45, 7) is 2.57. The van der Waals surface area contributed by atoms with Gasteiger partial charge in [0.2, 0.25) is 11.8 Å². The second-order valence-electron chi connectivity index (χ2n) is 6.18. The van der Waals surface area contributed by atoms with Crippen LogP contribution in [0.5, 0.6) is 0 Å². The molecule has 2 fully saturated rings. The Morgan fingerprint density at radius 1 is 1.38 bits per heavy atom. The van der Waals surface area contributed by atoms with Crippen molar-refractivity contribution in [2.45, 2.75) is 44.4 Å². The Morgan fingerprint density at radius 3 is 2.83 bits per heavy atom. The first kappa shape index (κ1) is 17.3. The van der Waals surface area contributed by atoms with Gasteiger partial charge in [-0.05, 0) is 18.4 Å². The smallest absolute Gasteiger partial charge is 0.244 e. The molecule has 1 aromatic rings. The number of rotatable bonds is 5. The van der Waals surface area contributed by atoms with E-state index in [1.54, 1.807) is 16.7 Å². The van der Waals surface area contributed by atoms with Crippen LogP contribution < -0.4 is 5.32 Å². The molecule has 0 radical (unpaired) electrons. The van der Waals surface area contributed by atoms with Gasteiger partial charge < -0.3 is 15.0 Å².